The highest BCUT2D eigenvalue weighted by Crippen LogP contribution is 2.49. The molecule has 3 rings (SSSR count). The Kier molecular flexibility index (Phi) is 8.87. The molecule has 0 atom stereocenters. The highest BCUT2D eigenvalue weighted by atomic mass is 79.9. The molecule has 0 saturated heterocycles. The summed E-state index contributed by atoms with van der Waals surface area (Å²) < 4.78 is 21.7. The van der Waals surface area contributed by atoms with Crippen LogP contribution in [0.25, 0.3) is 0 Å². The maximum atomic E-state index is 5.54. The number of hydrogen-bond donors (Lipinski definition) is 0. The van der Waals surface area contributed by atoms with Gasteiger partial charge in [0.25, 0.3) is 0 Å². The zero-order valence-electron chi connectivity index (χ0n) is 17.5. The normalized spacial score (nSPS) is 11.4. The monoisotopic (exact) mass is 816 g/mol. The fraction of sp³-hybridized carbons (Fsp3) is 0.217. The van der Waals surface area contributed by atoms with Gasteiger partial charge in [-0.2, -0.15) is 0 Å². The van der Waals surface area contributed by atoms with Gasteiger partial charge in [-0.05, 0) is 156 Å². The Morgan fingerprint density at radius 2 is 0.656 bits per heavy atom. The van der Waals surface area contributed by atoms with Crippen LogP contribution in [0, 0.1) is 0 Å². The van der Waals surface area contributed by atoms with Crippen molar-refractivity contribution < 1.29 is 14.2 Å². The van der Waals surface area contributed by atoms with Crippen molar-refractivity contribution in [3.8, 4) is 17.2 Å². The maximum absolute atomic E-state index is 5.54. The molecule has 3 nitrogen and oxygen atoms in total. The molecule has 170 valence electrons. The van der Waals surface area contributed by atoms with E-state index < -0.39 is 5.41 Å². The zero-order chi connectivity index (χ0) is 23.8. The molecule has 0 aliphatic heterocycles. The van der Waals surface area contributed by atoms with Crippen LogP contribution in [0.2, 0.25) is 0 Å². The van der Waals surface area contributed by atoms with Gasteiger partial charge in [0, 0.05) is 5.41 Å². The van der Waals surface area contributed by atoms with Gasteiger partial charge >= 0.3 is 0 Å². The van der Waals surface area contributed by atoms with E-state index in [1.807, 2.05) is 0 Å². The number of methoxy groups -OCH3 is 3. The number of benzene rings is 3. The molecule has 0 radical (unpaired) electrons. The van der Waals surface area contributed by atoms with Crippen LogP contribution in [0.3, 0.4) is 0 Å². The molecule has 0 N–H and O–H groups in total. The van der Waals surface area contributed by atoms with E-state index in [1.165, 1.54) is 0 Å². The fourth-order valence-corrected chi connectivity index (χ4v) is 8.16. The van der Waals surface area contributed by atoms with Crippen molar-refractivity contribution >= 4 is 95.6 Å². The van der Waals surface area contributed by atoms with E-state index in [9.17, 15) is 0 Å². The van der Waals surface area contributed by atoms with Gasteiger partial charge in [0.1, 0.15) is 17.2 Å². The molecule has 0 amide bonds. The van der Waals surface area contributed by atoms with Crippen LogP contribution >= 0.6 is 95.6 Å². The molecule has 0 aromatic heterocycles. The van der Waals surface area contributed by atoms with E-state index >= 15 is 0 Å². The lowest BCUT2D eigenvalue weighted by Crippen LogP contribution is -2.26. The summed E-state index contributed by atoms with van der Waals surface area (Å²) in [6.07, 6.45) is 0. The van der Waals surface area contributed by atoms with E-state index in [1.54, 1.807) is 21.3 Å². The summed E-state index contributed by atoms with van der Waals surface area (Å²) in [5, 5.41) is 0. The number of hydrogen-bond acceptors (Lipinski definition) is 3. The van der Waals surface area contributed by atoms with Crippen LogP contribution < -0.4 is 14.2 Å². The molecule has 9 heteroatoms. The maximum Gasteiger partial charge on any atom is 0.147 e. The average Bonchev–Trinajstić information content (AvgIpc) is 2.72. The Labute approximate surface area is 238 Å². The molecule has 0 bridgehead atoms. The number of rotatable bonds is 6. The minimum absolute atomic E-state index is 0.550. The molecule has 3 aromatic carbocycles. The quantitative estimate of drug-likeness (QED) is 0.232. The first-order valence-electron chi connectivity index (χ1n) is 9.19. The third kappa shape index (κ3) is 4.85. The first-order valence-corrected chi connectivity index (χ1v) is 13.9. The first-order chi connectivity index (χ1) is 15.1. The highest BCUT2D eigenvalue weighted by molar-refractivity contribution is 9.11. The van der Waals surface area contributed by atoms with Gasteiger partial charge in [-0.1, -0.05) is 0 Å². The van der Waals surface area contributed by atoms with Crippen molar-refractivity contribution in [3.63, 3.8) is 0 Å². The summed E-state index contributed by atoms with van der Waals surface area (Å²) in [5.41, 5.74) is 2.63. The average molecular weight is 822 g/mol. The van der Waals surface area contributed by atoms with Crippen LogP contribution in [-0.2, 0) is 5.41 Å². The lowest BCUT2D eigenvalue weighted by molar-refractivity contribution is 0.408. The van der Waals surface area contributed by atoms with Gasteiger partial charge in [0.15, 0.2) is 0 Å². The highest BCUT2D eigenvalue weighted by Gasteiger charge is 2.35. The Morgan fingerprint density at radius 3 is 0.812 bits per heavy atom. The van der Waals surface area contributed by atoms with E-state index in [0.717, 1.165) is 60.8 Å². The largest absolute Gasteiger partial charge is 0.494 e. The van der Waals surface area contributed by atoms with Crippen molar-refractivity contribution in [1.29, 1.82) is 0 Å². The molecule has 0 saturated carbocycles. The summed E-state index contributed by atoms with van der Waals surface area (Å²) in [7, 11) is 4.96. The summed E-state index contributed by atoms with van der Waals surface area (Å²) >= 11 is 22.0. The summed E-state index contributed by atoms with van der Waals surface area (Å²) in [6.45, 7) is 2.19. The van der Waals surface area contributed by atoms with Crippen molar-refractivity contribution in [3.05, 3.63) is 79.9 Å². The Balaban J connectivity index is 2.40. The van der Waals surface area contributed by atoms with Gasteiger partial charge in [0.2, 0.25) is 0 Å². The molecule has 3 aromatic rings. The molecule has 0 heterocycles. The molecule has 0 spiro atoms. The first kappa shape index (κ1) is 26.5. The molecular formula is C23H18Br6O3. The molecule has 0 fully saturated rings. The zero-order valence-corrected chi connectivity index (χ0v) is 27.0. The van der Waals surface area contributed by atoms with Gasteiger partial charge in [0.05, 0.1) is 48.2 Å². The predicted octanol–water partition coefficient (Wildman–Crippen LogP) is 9.64. The van der Waals surface area contributed by atoms with E-state index in [4.69, 9.17) is 14.2 Å². The molecule has 0 aliphatic carbocycles. The van der Waals surface area contributed by atoms with Crippen LogP contribution in [0.4, 0.5) is 0 Å². The van der Waals surface area contributed by atoms with Crippen LogP contribution in [0.5, 0.6) is 17.2 Å². The minimum atomic E-state index is -0.550. The topological polar surface area (TPSA) is 27.7 Å². The lowest BCUT2D eigenvalue weighted by Gasteiger charge is -2.34. The SMILES string of the molecule is COc1c(Br)cc(C(C)(c2cc(Br)c(OC)c(Br)c2)c2cc(Br)c(OC)c(Br)c2)cc1Br. The third-order valence-corrected chi connectivity index (χ3v) is 8.87. The standard InChI is InChI=1S/C23H18Br6O3/c1-23(11-5-14(24)20(30-2)15(25)6-11,12-7-16(26)21(31-3)17(27)8-12)13-9-18(28)22(32-4)19(29)10-13/h5-10H,1-4H3. The second-order valence-electron chi connectivity index (χ2n) is 7.04. The Bertz CT molecular complexity index is 965. The second kappa shape index (κ2) is 10.7. The van der Waals surface area contributed by atoms with Gasteiger partial charge in [-0.3, -0.25) is 0 Å². The van der Waals surface area contributed by atoms with Crippen molar-refractivity contribution in [1.82, 2.24) is 0 Å². The molecule has 0 aliphatic rings. The van der Waals surface area contributed by atoms with Gasteiger partial charge in [-0.15, -0.1) is 0 Å². The molecule has 0 unspecified atom stereocenters. The second-order valence-corrected chi connectivity index (χ2v) is 12.2. The summed E-state index contributed by atoms with van der Waals surface area (Å²) in [5.74, 6) is 2.22. The van der Waals surface area contributed by atoms with E-state index in [-0.39, 0.29) is 0 Å². The minimum Gasteiger partial charge on any atom is -0.494 e. The van der Waals surface area contributed by atoms with Crippen LogP contribution in [0.15, 0.2) is 63.2 Å². The smallest absolute Gasteiger partial charge is 0.147 e. The van der Waals surface area contributed by atoms with Crippen molar-refractivity contribution in [2.75, 3.05) is 21.3 Å². The third-order valence-electron chi connectivity index (χ3n) is 5.34. The van der Waals surface area contributed by atoms with Gasteiger partial charge < -0.3 is 14.2 Å². The van der Waals surface area contributed by atoms with E-state index in [2.05, 4.69) is 139 Å². The van der Waals surface area contributed by atoms with Crippen molar-refractivity contribution in [2.24, 2.45) is 0 Å². The molecular weight excluding hydrogens is 804 g/mol. The van der Waals surface area contributed by atoms with Crippen LogP contribution in [0.1, 0.15) is 23.6 Å². The number of halogens is 6. The fourth-order valence-electron chi connectivity index (χ4n) is 3.63. The Hall–Kier alpha value is -0.0600. The summed E-state index contributed by atoms with van der Waals surface area (Å²) in [4.78, 5) is 0. The Morgan fingerprint density at radius 1 is 0.469 bits per heavy atom. The predicted molar refractivity (Wildman–Crippen MR) is 151 cm³/mol. The lowest BCUT2D eigenvalue weighted by atomic mass is 9.71. The number of ether oxygens (including phenoxy) is 3. The molecule has 32 heavy (non-hydrogen) atoms. The summed E-state index contributed by atoms with van der Waals surface area (Å²) in [6, 6.07) is 12.5. The van der Waals surface area contributed by atoms with Crippen LogP contribution in [-0.4, -0.2) is 21.3 Å². The van der Waals surface area contributed by atoms with Crippen molar-refractivity contribution in [2.45, 2.75) is 12.3 Å². The van der Waals surface area contributed by atoms with E-state index in [0.29, 0.717) is 0 Å². The van der Waals surface area contributed by atoms with Gasteiger partial charge in [-0.25, -0.2) is 0 Å².